The van der Waals surface area contributed by atoms with Crippen LogP contribution in [0.1, 0.15) is 26.7 Å². The molecule has 4 nitrogen and oxygen atoms in total. The molecule has 0 aliphatic rings. The molecule has 1 aromatic heterocycles. The van der Waals surface area contributed by atoms with Gasteiger partial charge in [-0.1, -0.05) is 25.4 Å². The van der Waals surface area contributed by atoms with Crippen LogP contribution < -0.4 is 10.6 Å². The third kappa shape index (κ3) is 5.65. The van der Waals surface area contributed by atoms with E-state index in [1.807, 2.05) is 0 Å². The van der Waals surface area contributed by atoms with Crippen molar-refractivity contribution in [3.63, 3.8) is 0 Å². The lowest BCUT2D eigenvalue weighted by molar-refractivity contribution is -0.116. The van der Waals surface area contributed by atoms with Gasteiger partial charge in [-0.05, 0) is 25.1 Å². The smallest absolute Gasteiger partial charge is 0.224 e. The molecule has 0 aliphatic carbocycles. The van der Waals surface area contributed by atoms with Crippen LogP contribution in [0, 0.1) is 0 Å². The molecule has 1 aromatic rings. The molecule has 5 heteroatoms. The van der Waals surface area contributed by atoms with E-state index < -0.39 is 0 Å². The molecule has 1 heterocycles. The molecule has 0 bridgehead atoms. The van der Waals surface area contributed by atoms with Crippen LogP contribution in [0.15, 0.2) is 18.3 Å². The Morgan fingerprint density at radius 1 is 1.53 bits per heavy atom. The van der Waals surface area contributed by atoms with Crippen LogP contribution in [0.5, 0.6) is 0 Å². The summed E-state index contributed by atoms with van der Waals surface area (Å²) in [6.07, 6.45) is 2.87. The third-order valence-electron chi connectivity index (χ3n) is 2.17. The highest BCUT2D eigenvalue weighted by Gasteiger charge is 2.05. The molecule has 0 saturated carbocycles. The van der Waals surface area contributed by atoms with E-state index in [2.05, 4.69) is 29.5 Å². The Morgan fingerprint density at radius 2 is 2.29 bits per heavy atom. The van der Waals surface area contributed by atoms with E-state index in [-0.39, 0.29) is 5.91 Å². The van der Waals surface area contributed by atoms with Gasteiger partial charge >= 0.3 is 0 Å². The molecule has 0 spiro atoms. The molecule has 0 atom stereocenters. The zero-order valence-electron chi connectivity index (χ0n) is 10.2. The first kappa shape index (κ1) is 13.9. The molecule has 1 rings (SSSR count). The Hall–Kier alpha value is -1.13. The van der Waals surface area contributed by atoms with E-state index >= 15 is 0 Å². The largest absolute Gasteiger partial charge is 0.323 e. The minimum absolute atomic E-state index is 0.0366. The number of anilines is 1. The minimum Gasteiger partial charge on any atom is -0.323 e. The number of hydrogen-bond donors (Lipinski definition) is 2. The number of carbonyl (C=O) groups excluding carboxylic acids is 1. The predicted octanol–water partition coefficient (Wildman–Crippen LogP) is 2.45. The van der Waals surface area contributed by atoms with E-state index in [0.717, 1.165) is 13.0 Å². The molecule has 0 saturated heterocycles. The van der Waals surface area contributed by atoms with Crippen molar-refractivity contribution in [1.82, 2.24) is 10.3 Å². The van der Waals surface area contributed by atoms with Gasteiger partial charge in [0.2, 0.25) is 5.91 Å². The molecule has 0 radical (unpaired) electrons. The van der Waals surface area contributed by atoms with Gasteiger partial charge in [0.1, 0.15) is 0 Å². The topological polar surface area (TPSA) is 54.0 Å². The molecule has 17 heavy (non-hydrogen) atoms. The first-order chi connectivity index (χ1) is 8.09. The lowest BCUT2D eigenvalue weighted by Gasteiger charge is -2.08. The number of halogens is 1. The molecular formula is C12H18ClN3O. The van der Waals surface area contributed by atoms with Gasteiger partial charge in [-0.2, -0.15) is 0 Å². The van der Waals surface area contributed by atoms with Crippen LogP contribution >= 0.6 is 11.6 Å². The van der Waals surface area contributed by atoms with Crippen LogP contribution in [-0.2, 0) is 4.79 Å². The minimum atomic E-state index is -0.0366. The second-order valence-corrected chi connectivity index (χ2v) is 4.46. The number of nitrogens with zero attached hydrogens (tertiary/aromatic N) is 1. The number of pyridine rings is 1. The van der Waals surface area contributed by atoms with Crippen molar-refractivity contribution in [1.29, 1.82) is 0 Å². The summed E-state index contributed by atoms with van der Waals surface area (Å²) in [6.45, 7) is 5.00. The summed E-state index contributed by atoms with van der Waals surface area (Å²) in [5, 5.41) is 6.32. The molecule has 1 amide bonds. The Labute approximate surface area is 107 Å². The Bertz CT molecular complexity index is 369. The van der Waals surface area contributed by atoms with Crippen LogP contribution in [0.2, 0.25) is 5.15 Å². The first-order valence-electron chi connectivity index (χ1n) is 5.73. The molecule has 0 unspecified atom stereocenters. The van der Waals surface area contributed by atoms with E-state index in [1.165, 1.54) is 0 Å². The van der Waals surface area contributed by atoms with Gasteiger partial charge in [0, 0.05) is 18.7 Å². The van der Waals surface area contributed by atoms with E-state index in [0.29, 0.717) is 23.3 Å². The van der Waals surface area contributed by atoms with Crippen molar-refractivity contribution in [3.05, 3.63) is 23.5 Å². The second kappa shape index (κ2) is 7.25. The number of hydrogen-bond acceptors (Lipinski definition) is 3. The fraction of sp³-hybridized carbons (Fsp3) is 0.500. The number of aromatic nitrogens is 1. The molecule has 2 N–H and O–H groups in total. The lowest BCUT2D eigenvalue weighted by atomic mass is 10.2. The van der Waals surface area contributed by atoms with Crippen LogP contribution in [0.4, 0.5) is 5.69 Å². The van der Waals surface area contributed by atoms with Crippen molar-refractivity contribution in [2.24, 2.45) is 0 Å². The van der Waals surface area contributed by atoms with Crippen LogP contribution in [-0.4, -0.2) is 23.5 Å². The van der Waals surface area contributed by atoms with Crippen molar-refractivity contribution in [3.8, 4) is 0 Å². The van der Waals surface area contributed by atoms with Crippen LogP contribution in [0.25, 0.3) is 0 Å². The highest BCUT2D eigenvalue weighted by Crippen LogP contribution is 2.17. The van der Waals surface area contributed by atoms with Gasteiger partial charge in [-0.3, -0.25) is 4.79 Å². The van der Waals surface area contributed by atoms with Crippen molar-refractivity contribution < 1.29 is 4.79 Å². The average molecular weight is 256 g/mol. The summed E-state index contributed by atoms with van der Waals surface area (Å²) in [6, 6.07) is 3.92. The van der Waals surface area contributed by atoms with Crippen molar-refractivity contribution in [2.75, 3.05) is 11.9 Å². The number of carbonyl (C=O) groups is 1. The van der Waals surface area contributed by atoms with Gasteiger partial charge < -0.3 is 10.6 Å². The fourth-order valence-corrected chi connectivity index (χ4v) is 1.50. The Balaban J connectivity index is 2.28. The summed E-state index contributed by atoms with van der Waals surface area (Å²) >= 11 is 5.83. The van der Waals surface area contributed by atoms with Crippen molar-refractivity contribution in [2.45, 2.75) is 32.7 Å². The number of amides is 1. The summed E-state index contributed by atoms with van der Waals surface area (Å²) in [5.41, 5.74) is 0.566. The fourth-order valence-electron chi connectivity index (χ4n) is 1.33. The Morgan fingerprint density at radius 3 is 2.94 bits per heavy atom. The molecular weight excluding hydrogens is 238 g/mol. The highest BCUT2D eigenvalue weighted by atomic mass is 35.5. The average Bonchev–Trinajstić information content (AvgIpc) is 2.27. The molecule has 0 aromatic carbocycles. The van der Waals surface area contributed by atoms with E-state index in [1.54, 1.807) is 18.3 Å². The zero-order chi connectivity index (χ0) is 12.7. The summed E-state index contributed by atoms with van der Waals surface area (Å²) in [4.78, 5) is 15.5. The highest BCUT2D eigenvalue weighted by molar-refractivity contribution is 6.32. The zero-order valence-corrected chi connectivity index (χ0v) is 10.9. The van der Waals surface area contributed by atoms with Crippen LogP contribution in [0.3, 0.4) is 0 Å². The maximum atomic E-state index is 11.6. The maximum absolute atomic E-state index is 11.6. The van der Waals surface area contributed by atoms with Gasteiger partial charge in [0.25, 0.3) is 0 Å². The van der Waals surface area contributed by atoms with Crippen molar-refractivity contribution >= 4 is 23.2 Å². The summed E-state index contributed by atoms with van der Waals surface area (Å²) in [5.74, 6) is -0.0366. The van der Waals surface area contributed by atoms with Gasteiger partial charge in [0.15, 0.2) is 5.15 Å². The lowest BCUT2D eigenvalue weighted by Crippen LogP contribution is -2.24. The number of rotatable bonds is 6. The predicted molar refractivity (Wildman–Crippen MR) is 70.2 cm³/mol. The third-order valence-corrected chi connectivity index (χ3v) is 2.47. The van der Waals surface area contributed by atoms with Gasteiger partial charge in [0.05, 0.1) is 5.69 Å². The molecule has 0 fully saturated rings. The van der Waals surface area contributed by atoms with E-state index in [4.69, 9.17) is 11.6 Å². The maximum Gasteiger partial charge on any atom is 0.224 e. The normalized spacial score (nSPS) is 10.6. The number of nitrogens with one attached hydrogen (secondary N) is 2. The van der Waals surface area contributed by atoms with E-state index in [9.17, 15) is 4.79 Å². The first-order valence-corrected chi connectivity index (χ1v) is 6.11. The SMILES string of the molecule is CC(C)NCCCC(=O)Nc1cccnc1Cl. The second-order valence-electron chi connectivity index (χ2n) is 4.10. The monoisotopic (exact) mass is 255 g/mol. The summed E-state index contributed by atoms with van der Waals surface area (Å²) in [7, 11) is 0. The molecule has 0 aliphatic heterocycles. The molecule has 94 valence electrons. The Kier molecular flexibility index (Phi) is 5.94. The quantitative estimate of drug-likeness (QED) is 0.606. The summed E-state index contributed by atoms with van der Waals surface area (Å²) < 4.78 is 0. The van der Waals surface area contributed by atoms with Gasteiger partial charge in [-0.25, -0.2) is 4.98 Å². The van der Waals surface area contributed by atoms with Gasteiger partial charge in [-0.15, -0.1) is 0 Å². The standard InChI is InChI=1S/C12H18ClN3O/c1-9(2)14-7-4-6-11(17)16-10-5-3-8-15-12(10)13/h3,5,8-9,14H,4,6-7H2,1-2H3,(H,16,17).